The number of halogens is 1. The van der Waals surface area contributed by atoms with Crippen molar-refractivity contribution in [1.29, 1.82) is 0 Å². The topological polar surface area (TPSA) is 37.3 Å². The lowest BCUT2D eigenvalue weighted by atomic mass is 10.1. The fraction of sp³-hybridized carbons (Fsp3) is 0.182. The average Bonchev–Trinajstić information content (AvgIpc) is 2.17. The summed E-state index contributed by atoms with van der Waals surface area (Å²) in [4.78, 5) is 10.7. The van der Waals surface area contributed by atoms with Gasteiger partial charge in [0.05, 0.1) is 10.6 Å². The van der Waals surface area contributed by atoms with Crippen LogP contribution in [0.5, 0.6) is 0 Å². The van der Waals surface area contributed by atoms with Crippen molar-refractivity contribution in [2.45, 2.75) is 6.42 Å². The summed E-state index contributed by atoms with van der Waals surface area (Å²) >= 11 is 9.88. The maximum absolute atomic E-state index is 10.7. The molecule has 0 aliphatic rings. The first-order valence-corrected chi connectivity index (χ1v) is 5.46. The van der Waals surface area contributed by atoms with Crippen LogP contribution in [0.15, 0.2) is 24.3 Å². The van der Waals surface area contributed by atoms with Gasteiger partial charge in [-0.05, 0) is 29.9 Å². The molecule has 0 unspecified atom stereocenters. The van der Waals surface area contributed by atoms with Crippen LogP contribution in [0.2, 0.25) is 5.02 Å². The first-order valence-electron chi connectivity index (χ1n) is 4.45. The molecule has 0 atom stereocenters. The standard InChI is InChI=1S/C11H11ClO2S/c12-10-7-8(3-1-2-6-15)4-5-9(10)11(13)14/h1,3-5,7,15H,2,6H2,(H,13,14). The number of carbonyl (C=O) groups is 1. The number of benzene rings is 1. The lowest BCUT2D eigenvalue weighted by Gasteiger charge is -1.99. The number of hydrogen-bond donors (Lipinski definition) is 2. The maximum Gasteiger partial charge on any atom is 0.337 e. The number of rotatable bonds is 4. The van der Waals surface area contributed by atoms with Crippen LogP contribution >= 0.6 is 24.2 Å². The predicted molar refractivity (Wildman–Crippen MR) is 65.9 cm³/mol. The van der Waals surface area contributed by atoms with E-state index in [1.165, 1.54) is 6.07 Å². The zero-order chi connectivity index (χ0) is 11.3. The van der Waals surface area contributed by atoms with Crippen LogP contribution in [-0.4, -0.2) is 16.8 Å². The minimum atomic E-state index is -1.01. The summed E-state index contributed by atoms with van der Waals surface area (Å²) in [6, 6.07) is 4.87. The average molecular weight is 243 g/mol. The number of aromatic carboxylic acids is 1. The highest BCUT2D eigenvalue weighted by Crippen LogP contribution is 2.18. The SMILES string of the molecule is O=C(O)c1ccc(C=CCCS)cc1Cl. The van der Waals surface area contributed by atoms with Crippen molar-refractivity contribution < 1.29 is 9.90 Å². The molecule has 0 heterocycles. The molecule has 1 N–H and O–H groups in total. The highest BCUT2D eigenvalue weighted by molar-refractivity contribution is 7.80. The summed E-state index contributed by atoms with van der Waals surface area (Å²) in [5.74, 6) is -0.219. The Balaban J connectivity index is 2.87. The van der Waals surface area contributed by atoms with Gasteiger partial charge in [-0.25, -0.2) is 4.79 Å². The Morgan fingerprint density at radius 2 is 2.27 bits per heavy atom. The second-order valence-electron chi connectivity index (χ2n) is 2.96. The molecular weight excluding hydrogens is 232 g/mol. The Bertz CT molecular complexity index is 388. The van der Waals surface area contributed by atoms with Gasteiger partial charge < -0.3 is 5.11 Å². The highest BCUT2D eigenvalue weighted by atomic mass is 35.5. The largest absolute Gasteiger partial charge is 0.478 e. The van der Waals surface area contributed by atoms with Crippen molar-refractivity contribution in [3.8, 4) is 0 Å². The summed E-state index contributed by atoms with van der Waals surface area (Å²) in [5.41, 5.74) is 1.02. The maximum atomic E-state index is 10.7. The first kappa shape index (κ1) is 12.1. The van der Waals surface area contributed by atoms with E-state index in [0.717, 1.165) is 17.7 Å². The Kier molecular flexibility index (Phi) is 4.72. The molecule has 0 radical (unpaired) electrons. The van der Waals surface area contributed by atoms with E-state index in [1.54, 1.807) is 12.1 Å². The number of hydrogen-bond acceptors (Lipinski definition) is 2. The minimum Gasteiger partial charge on any atom is -0.478 e. The predicted octanol–water partition coefficient (Wildman–Crippen LogP) is 3.37. The normalized spacial score (nSPS) is 10.8. The monoisotopic (exact) mass is 242 g/mol. The second-order valence-corrected chi connectivity index (χ2v) is 3.81. The van der Waals surface area contributed by atoms with Gasteiger partial charge in [0.15, 0.2) is 0 Å². The number of carboxylic acid groups (broad SMARTS) is 1. The third-order valence-electron chi connectivity index (χ3n) is 1.83. The van der Waals surface area contributed by atoms with Gasteiger partial charge in [0.1, 0.15) is 0 Å². The molecule has 80 valence electrons. The summed E-state index contributed by atoms with van der Waals surface area (Å²) in [5, 5.41) is 9.02. The van der Waals surface area contributed by atoms with Crippen molar-refractivity contribution in [1.82, 2.24) is 0 Å². The first-order chi connectivity index (χ1) is 7.15. The van der Waals surface area contributed by atoms with E-state index >= 15 is 0 Å². The molecule has 1 aromatic carbocycles. The molecule has 0 amide bonds. The molecule has 1 rings (SSSR count). The lowest BCUT2D eigenvalue weighted by Crippen LogP contribution is -1.96. The summed E-state index contributed by atoms with van der Waals surface area (Å²) in [6.45, 7) is 0. The van der Waals surface area contributed by atoms with Crippen LogP contribution in [0, 0.1) is 0 Å². The second kappa shape index (κ2) is 5.83. The van der Waals surface area contributed by atoms with Gasteiger partial charge in [-0.2, -0.15) is 12.6 Å². The Morgan fingerprint density at radius 3 is 2.80 bits per heavy atom. The lowest BCUT2D eigenvalue weighted by molar-refractivity contribution is 0.0697. The molecule has 4 heteroatoms. The summed E-state index contributed by atoms with van der Waals surface area (Å²) in [6.07, 6.45) is 4.74. The van der Waals surface area contributed by atoms with Crippen LogP contribution < -0.4 is 0 Å². The van der Waals surface area contributed by atoms with E-state index in [9.17, 15) is 4.79 Å². The molecule has 0 aliphatic carbocycles. The van der Waals surface area contributed by atoms with E-state index in [2.05, 4.69) is 12.6 Å². The smallest absolute Gasteiger partial charge is 0.337 e. The molecule has 0 spiro atoms. The molecule has 0 fully saturated rings. The molecule has 15 heavy (non-hydrogen) atoms. The van der Waals surface area contributed by atoms with Gasteiger partial charge in [-0.15, -0.1) is 0 Å². The molecule has 0 bridgehead atoms. The van der Waals surface area contributed by atoms with E-state index < -0.39 is 5.97 Å². The fourth-order valence-corrected chi connectivity index (χ4v) is 1.52. The number of thiol groups is 1. The molecule has 0 saturated heterocycles. The Labute approximate surface area is 99.0 Å². The zero-order valence-electron chi connectivity index (χ0n) is 7.98. The zero-order valence-corrected chi connectivity index (χ0v) is 9.63. The molecule has 2 nitrogen and oxygen atoms in total. The van der Waals surface area contributed by atoms with Crippen molar-refractivity contribution in [3.05, 3.63) is 40.4 Å². The van der Waals surface area contributed by atoms with Gasteiger partial charge in [0.2, 0.25) is 0 Å². The summed E-state index contributed by atoms with van der Waals surface area (Å²) < 4.78 is 0. The van der Waals surface area contributed by atoms with E-state index in [1.807, 2.05) is 12.2 Å². The summed E-state index contributed by atoms with van der Waals surface area (Å²) in [7, 11) is 0. The van der Waals surface area contributed by atoms with Crippen LogP contribution in [0.3, 0.4) is 0 Å². The van der Waals surface area contributed by atoms with E-state index in [0.29, 0.717) is 0 Å². The molecule has 0 saturated carbocycles. The van der Waals surface area contributed by atoms with Crippen molar-refractivity contribution in [2.75, 3.05) is 5.75 Å². The highest BCUT2D eigenvalue weighted by Gasteiger charge is 2.07. The van der Waals surface area contributed by atoms with Crippen molar-refractivity contribution >= 4 is 36.3 Å². The fourth-order valence-electron chi connectivity index (χ4n) is 1.10. The molecule has 0 aromatic heterocycles. The van der Waals surface area contributed by atoms with Gasteiger partial charge in [0.25, 0.3) is 0 Å². The van der Waals surface area contributed by atoms with E-state index in [4.69, 9.17) is 16.7 Å². The Hall–Kier alpha value is -0.930. The van der Waals surface area contributed by atoms with Crippen molar-refractivity contribution in [2.24, 2.45) is 0 Å². The number of carboxylic acids is 1. The molecule has 0 aliphatic heterocycles. The van der Waals surface area contributed by atoms with Gasteiger partial charge in [-0.1, -0.05) is 29.8 Å². The molecular formula is C11H11ClO2S. The quantitative estimate of drug-likeness (QED) is 0.795. The van der Waals surface area contributed by atoms with Gasteiger partial charge in [0, 0.05) is 0 Å². The Morgan fingerprint density at radius 1 is 1.53 bits per heavy atom. The van der Waals surface area contributed by atoms with Gasteiger partial charge >= 0.3 is 5.97 Å². The van der Waals surface area contributed by atoms with Crippen LogP contribution in [0.4, 0.5) is 0 Å². The van der Waals surface area contributed by atoms with Crippen LogP contribution in [0.1, 0.15) is 22.3 Å². The van der Waals surface area contributed by atoms with Crippen LogP contribution in [0.25, 0.3) is 6.08 Å². The van der Waals surface area contributed by atoms with Crippen LogP contribution in [-0.2, 0) is 0 Å². The van der Waals surface area contributed by atoms with E-state index in [-0.39, 0.29) is 10.6 Å². The third-order valence-corrected chi connectivity index (χ3v) is 2.40. The number of allylic oxidation sites excluding steroid dienone is 1. The third kappa shape index (κ3) is 3.61. The van der Waals surface area contributed by atoms with Gasteiger partial charge in [-0.3, -0.25) is 0 Å². The van der Waals surface area contributed by atoms with Crippen molar-refractivity contribution in [3.63, 3.8) is 0 Å². The minimum absolute atomic E-state index is 0.128. The molecule has 1 aromatic rings.